The number of likely N-dealkylation sites (tertiary alicyclic amines) is 1. The lowest BCUT2D eigenvalue weighted by atomic mass is 10.0. The summed E-state index contributed by atoms with van der Waals surface area (Å²) in [6.07, 6.45) is 5.29. The van der Waals surface area contributed by atoms with Crippen LogP contribution in [-0.4, -0.2) is 40.8 Å². The summed E-state index contributed by atoms with van der Waals surface area (Å²) in [6.45, 7) is 3.56. The third-order valence-electron chi connectivity index (χ3n) is 5.14. The average Bonchev–Trinajstić information content (AvgIpc) is 3.30. The number of carbonyl (C=O) groups is 1. The van der Waals surface area contributed by atoms with Crippen LogP contribution in [0.5, 0.6) is 5.75 Å². The van der Waals surface area contributed by atoms with Gasteiger partial charge in [0.05, 0.1) is 25.8 Å². The molecule has 1 saturated heterocycles. The number of rotatable bonds is 4. The molecule has 1 amide bonds. The van der Waals surface area contributed by atoms with Crippen molar-refractivity contribution >= 4 is 16.7 Å². The Kier molecular flexibility index (Phi) is 4.37. The Balaban J connectivity index is 1.51. The third-order valence-corrected chi connectivity index (χ3v) is 5.14. The van der Waals surface area contributed by atoms with Crippen LogP contribution in [0.25, 0.3) is 10.8 Å². The van der Waals surface area contributed by atoms with Gasteiger partial charge in [-0.05, 0) is 47.4 Å². The molecule has 2 aromatic carbocycles. The van der Waals surface area contributed by atoms with E-state index in [1.165, 1.54) is 0 Å². The summed E-state index contributed by atoms with van der Waals surface area (Å²) in [7, 11) is 1.66. The van der Waals surface area contributed by atoms with Crippen molar-refractivity contribution in [3.05, 3.63) is 59.9 Å². The number of methoxy groups -OCH3 is 1. The van der Waals surface area contributed by atoms with Gasteiger partial charge in [0.25, 0.3) is 0 Å². The molecule has 1 aromatic heterocycles. The van der Waals surface area contributed by atoms with Gasteiger partial charge in [0.1, 0.15) is 5.75 Å². The summed E-state index contributed by atoms with van der Waals surface area (Å²) >= 11 is 0. The van der Waals surface area contributed by atoms with E-state index in [4.69, 9.17) is 4.74 Å². The molecule has 3 aromatic rings. The highest BCUT2D eigenvalue weighted by Crippen LogP contribution is 2.26. The van der Waals surface area contributed by atoms with E-state index >= 15 is 0 Å². The Labute approximate surface area is 153 Å². The van der Waals surface area contributed by atoms with Crippen LogP contribution in [0.15, 0.2) is 48.8 Å². The molecule has 1 fully saturated rings. The van der Waals surface area contributed by atoms with Crippen molar-refractivity contribution in [3.8, 4) is 5.75 Å². The lowest BCUT2D eigenvalue weighted by Crippen LogP contribution is -2.30. The number of fused-ring (bicyclic) bond motifs is 1. The average molecular weight is 349 g/mol. The zero-order valence-electron chi connectivity index (χ0n) is 15.2. The molecule has 0 spiro atoms. The van der Waals surface area contributed by atoms with E-state index < -0.39 is 0 Å². The highest BCUT2D eigenvalue weighted by molar-refractivity contribution is 5.91. The molecular weight excluding hydrogens is 326 g/mol. The fraction of sp³-hybridized carbons (Fsp3) is 0.333. The fourth-order valence-corrected chi connectivity index (χ4v) is 3.69. The minimum absolute atomic E-state index is 0.173. The maximum absolute atomic E-state index is 12.9. The molecule has 5 heteroatoms. The molecule has 1 atom stereocenters. The molecule has 1 aliphatic heterocycles. The highest BCUT2D eigenvalue weighted by atomic mass is 16.5. The molecule has 0 aliphatic carbocycles. The smallest absolute Gasteiger partial charge is 0.227 e. The first-order valence-corrected chi connectivity index (χ1v) is 8.98. The predicted octanol–water partition coefficient (Wildman–Crippen LogP) is 3.37. The highest BCUT2D eigenvalue weighted by Gasteiger charge is 2.28. The van der Waals surface area contributed by atoms with Gasteiger partial charge in [-0.25, -0.2) is 0 Å². The number of ether oxygens (including phenoxy) is 1. The van der Waals surface area contributed by atoms with Crippen LogP contribution >= 0.6 is 0 Å². The first-order valence-electron chi connectivity index (χ1n) is 8.98. The first kappa shape index (κ1) is 16.6. The molecule has 4 rings (SSSR count). The van der Waals surface area contributed by atoms with E-state index in [9.17, 15) is 4.79 Å². The van der Waals surface area contributed by atoms with E-state index in [2.05, 4.69) is 17.4 Å². The molecule has 0 N–H and O–H groups in total. The summed E-state index contributed by atoms with van der Waals surface area (Å²) in [5.74, 6) is 0.986. The van der Waals surface area contributed by atoms with Crippen LogP contribution in [0, 0.1) is 6.92 Å². The Morgan fingerprint density at radius 2 is 2.19 bits per heavy atom. The topological polar surface area (TPSA) is 47.4 Å². The molecule has 134 valence electrons. The van der Waals surface area contributed by atoms with Crippen LogP contribution < -0.4 is 4.74 Å². The number of aromatic nitrogens is 2. The normalized spacial score (nSPS) is 17.0. The van der Waals surface area contributed by atoms with Crippen molar-refractivity contribution < 1.29 is 9.53 Å². The number of benzene rings is 2. The number of amides is 1. The molecule has 0 bridgehead atoms. The second-order valence-electron chi connectivity index (χ2n) is 6.96. The largest absolute Gasteiger partial charge is 0.497 e. The molecule has 0 radical (unpaired) electrons. The number of nitrogens with zero attached hydrogens (tertiary/aromatic N) is 3. The molecule has 1 unspecified atom stereocenters. The van der Waals surface area contributed by atoms with E-state index in [-0.39, 0.29) is 11.9 Å². The number of aryl methyl sites for hydroxylation is 1. The third kappa shape index (κ3) is 3.17. The summed E-state index contributed by atoms with van der Waals surface area (Å²) in [4.78, 5) is 14.8. The number of carbonyl (C=O) groups excluding carboxylic acids is 1. The number of hydrogen-bond donors (Lipinski definition) is 0. The molecule has 0 saturated carbocycles. The van der Waals surface area contributed by atoms with E-state index in [0.29, 0.717) is 6.42 Å². The maximum atomic E-state index is 12.9. The van der Waals surface area contributed by atoms with Crippen LogP contribution in [0.2, 0.25) is 0 Å². The minimum atomic E-state index is 0.173. The standard InChI is InChI=1S/C21H23N3O2/c1-15-12-22-24(13-15)18-8-9-23(14-18)21(25)10-17-5-3-4-16-6-7-19(26-2)11-20(16)17/h3-7,11-13,18H,8-10,14H2,1-2H3. The quantitative estimate of drug-likeness (QED) is 0.725. The lowest BCUT2D eigenvalue weighted by Gasteiger charge is -2.17. The van der Waals surface area contributed by atoms with Crippen LogP contribution in [0.4, 0.5) is 0 Å². The first-order chi connectivity index (χ1) is 12.6. The number of hydrogen-bond acceptors (Lipinski definition) is 3. The minimum Gasteiger partial charge on any atom is -0.497 e. The zero-order valence-corrected chi connectivity index (χ0v) is 15.2. The van der Waals surface area contributed by atoms with Crippen LogP contribution in [-0.2, 0) is 11.2 Å². The van der Waals surface area contributed by atoms with Gasteiger partial charge in [0.2, 0.25) is 5.91 Å². The fourth-order valence-electron chi connectivity index (χ4n) is 3.69. The van der Waals surface area contributed by atoms with Gasteiger partial charge in [-0.15, -0.1) is 0 Å². The van der Waals surface area contributed by atoms with E-state index in [1.54, 1.807) is 7.11 Å². The monoisotopic (exact) mass is 349 g/mol. The summed E-state index contributed by atoms with van der Waals surface area (Å²) < 4.78 is 7.33. The van der Waals surface area contributed by atoms with Crippen molar-refractivity contribution in [1.82, 2.24) is 14.7 Å². The second kappa shape index (κ2) is 6.83. The van der Waals surface area contributed by atoms with Gasteiger partial charge >= 0.3 is 0 Å². The maximum Gasteiger partial charge on any atom is 0.227 e. The predicted molar refractivity (Wildman–Crippen MR) is 101 cm³/mol. The van der Waals surface area contributed by atoms with Crippen LogP contribution in [0.3, 0.4) is 0 Å². The summed E-state index contributed by atoms with van der Waals surface area (Å²) in [5, 5.41) is 6.61. The van der Waals surface area contributed by atoms with Crippen molar-refractivity contribution in [1.29, 1.82) is 0 Å². The van der Waals surface area contributed by atoms with Gasteiger partial charge in [-0.2, -0.15) is 5.10 Å². The van der Waals surface area contributed by atoms with E-state index in [0.717, 1.165) is 47.2 Å². The van der Waals surface area contributed by atoms with E-state index in [1.807, 2.05) is 53.0 Å². The Morgan fingerprint density at radius 3 is 2.96 bits per heavy atom. The molecular formula is C21H23N3O2. The summed E-state index contributed by atoms with van der Waals surface area (Å²) in [6, 6.07) is 12.4. The molecule has 5 nitrogen and oxygen atoms in total. The lowest BCUT2D eigenvalue weighted by molar-refractivity contribution is -0.129. The van der Waals surface area contributed by atoms with Gasteiger partial charge < -0.3 is 9.64 Å². The zero-order chi connectivity index (χ0) is 18.1. The Bertz CT molecular complexity index is 947. The SMILES string of the molecule is COc1ccc2cccc(CC(=O)N3CCC(n4cc(C)cn4)C3)c2c1. The Hall–Kier alpha value is -2.82. The van der Waals surface area contributed by atoms with Gasteiger partial charge in [-0.3, -0.25) is 9.48 Å². The van der Waals surface area contributed by atoms with Gasteiger partial charge in [0.15, 0.2) is 0 Å². The second-order valence-corrected chi connectivity index (χ2v) is 6.96. The molecule has 2 heterocycles. The van der Waals surface area contributed by atoms with Crippen molar-refractivity contribution in [2.75, 3.05) is 20.2 Å². The molecule has 1 aliphatic rings. The van der Waals surface area contributed by atoms with Crippen LogP contribution in [0.1, 0.15) is 23.6 Å². The van der Waals surface area contributed by atoms with Crippen molar-refractivity contribution in [3.63, 3.8) is 0 Å². The van der Waals surface area contributed by atoms with Crippen molar-refractivity contribution in [2.45, 2.75) is 25.8 Å². The van der Waals surface area contributed by atoms with Gasteiger partial charge in [0, 0.05) is 19.3 Å². The Morgan fingerprint density at radius 1 is 1.31 bits per heavy atom. The summed E-state index contributed by atoms with van der Waals surface area (Å²) in [5.41, 5.74) is 2.20. The van der Waals surface area contributed by atoms with Gasteiger partial charge in [-0.1, -0.05) is 24.3 Å². The van der Waals surface area contributed by atoms with Crippen molar-refractivity contribution in [2.24, 2.45) is 0 Å². The molecule has 26 heavy (non-hydrogen) atoms.